The second-order valence-electron chi connectivity index (χ2n) is 6.52. The van der Waals surface area contributed by atoms with Gasteiger partial charge in [0.25, 0.3) is 0 Å². The van der Waals surface area contributed by atoms with Gasteiger partial charge in [-0.25, -0.2) is 0 Å². The maximum absolute atomic E-state index is 10.7. The number of carboxylic acid groups (broad SMARTS) is 1. The number of carboxylic acids is 1. The number of hydrogen-bond acceptors (Lipinski definition) is 3. The van der Waals surface area contributed by atoms with E-state index in [0.717, 1.165) is 17.8 Å². The Hall–Kier alpha value is -2.07. The summed E-state index contributed by atoms with van der Waals surface area (Å²) in [6.45, 7) is 0.974. The summed E-state index contributed by atoms with van der Waals surface area (Å²) in [5.74, 6) is -0.788. The van der Waals surface area contributed by atoms with E-state index in [0.29, 0.717) is 0 Å². The second-order valence-corrected chi connectivity index (χ2v) is 7.50. The number of rotatable bonds is 13. The first kappa shape index (κ1) is 20.2. The zero-order chi connectivity index (χ0) is 18.5. The van der Waals surface area contributed by atoms with Gasteiger partial charge in [-0.05, 0) is 54.5 Å². The van der Waals surface area contributed by atoms with Gasteiger partial charge in [0.05, 0.1) is 6.42 Å². The van der Waals surface area contributed by atoms with Gasteiger partial charge in [-0.2, -0.15) is 0 Å². The molecule has 0 aliphatic rings. The molecule has 0 atom stereocenters. The van der Waals surface area contributed by atoms with Crippen LogP contribution in [0.2, 0.25) is 0 Å². The van der Waals surface area contributed by atoms with Gasteiger partial charge in [0.15, 0.2) is 0 Å². The summed E-state index contributed by atoms with van der Waals surface area (Å²) in [4.78, 5) is 12.0. The molecule has 2 aromatic rings. The highest BCUT2D eigenvalue weighted by Crippen LogP contribution is 2.13. The lowest BCUT2D eigenvalue weighted by Gasteiger charge is -2.07. The molecule has 0 saturated heterocycles. The second kappa shape index (κ2) is 12.3. The Morgan fingerprint density at radius 1 is 1.00 bits per heavy atom. The minimum absolute atomic E-state index is 0.0874. The van der Waals surface area contributed by atoms with Crippen molar-refractivity contribution >= 4 is 29.1 Å². The first-order chi connectivity index (χ1) is 12.7. The zero-order valence-electron chi connectivity index (χ0n) is 15.3. The summed E-state index contributed by atoms with van der Waals surface area (Å²) < 4.78 is 0. The van der Waals surface area contributed by atoms with Gasteiger partial charge in [-0.1, -0.05) is 50.0 Å². The molecule has 1 aromatic carbocycles. The van der Waals surface area contributed by atoms with E-state index in [4.69, 9.17) is 5.11 Å². The Morgan fingerprint density at radius 3 is 2.42 bits per heavy atom. The molecule has 0 spiro atoms. The summed E-state index contributed by atoms with van der Waals surface area (Å²) in [7, 11) is 0. The predicted molar refractivity (Wildman–Crippen MR) is 112 cm³/mol. The number of anilines is 1. The summed E-state index contributed by atoms with van der Waals surface area (Å²) in [6.07, 6.45) is 13.4. The molecule has 4 heteroatoms. The molecule has 0 aliphatic heterocycles. The molecule has 140 valence electrons. The summed E-state index contributed by atoms with van der Waals surface area (Å²) >= 11 is 1.79. The van der Waals surface area contributed by atoms with Gasteiger partial charge in [-0.15, -0.1) is 11.3 Å². The molecule has 26 heavy (non-hydrogen) atoms. The summed E-state index contributed by atoms with van der Waals surface area (Å²) in [5.41, 5.74) is 1.91. The number of hydrogen-bond donors (Lipinski definition) is 2. The summed E-state index contributed by atoms with van der Waals surface area (Å²) in [5, 5.41) is 14.3. The monoisotopic (exact) mass is 371 g/mol. The third kappa shape index (κ3) is 8.86. The van der Waals surface area contributed by atoms with Crippen molar-refractivity contribution in [1.29, 1.82) is 0 Å². The lowest BCUT2D eigenvalue weighted by Crippen LogP contribution is -2.03. The third-order valence-electron chi connectivity index (χ3n) is 4.26. The Kier molecular flexibility index (Phi) is 9.59. The molecule has 0 radical (unpaired) electrons. The lowest BCUT2D eigenvalue weighted by atomic mass is 10.1. The molecule has 1 heterocycles. The number of carbonyl (C=O) groups is 1. The van der Waals surface area contributed by atoms with E-state index in [1.165, 1.54) is 49.8 Å². The minimum atomic E-state index is -0.788. The molecular weight excluding hydrogens is 342 g/mol. The van der Waals surface area contributed by atoms with Crippen molar-refractivity contribution in [3.8, 4) is 0 Å². The SMILES string of the molecule is O=C(O)Cc1ccc(NCCCCCCCC/C=C/c2cccs2)cc1. The van der Waals surface area contributed by atoms with Crippen molar-refractivity contribution in [3.05, 3.63) is 58.3 Å². The van der Waals surface area contributed by atoms with E-state index < -0.39 is 5.97 Å². The number of allylic oxidation sites excluding steroid dienone is 1. The molecule has 2 rings (SSSR count). The quantitative estimate of drug-likeness (QED) is 0.410. The van der Waals surface area contributed by atoms with Gasteiger partial charge >= 0.3 is 5.97 Å². The number of nitrogens with one attached hydrogen (secondary N) is 1. The van der Waals surface area contributed by atoms with Crippen molar-refractivity contribution in [2.45, 2.75) is 51.4 Å². The van der Waals surface area contributed by atoms with Crippen LogP contribution >= 0.6 is 11.3 Å². The Bertz CT molecular complexity index is 647. The number of unbranched alkanes of at least 4 members (excludes halogenated alkanes) is 6. The standard InChI is InChI=1S/C22H29NO2S/c24-22(25)18-19-12-14-20(15-13-19)23-16-8-6-4-2-1-3-5-7-10-21-11-9-17-26-21/h7,9-15,17,23H,1-6,8,16,18H2,(H,24,25)/b10-7+. The van der Waals surface area contributed by atoms with E-state index in [9.17, 15) is 4.79 Å². The van der Waals surface area contributed by atoms with Crippen molar-refractivity contribution in [2.24, 2.45) is 0 Å². The van der Waals surface area contributed by atoms with Crippen LogP contribution in [-0.2, 0) is 11.2 Å². The predicted octanol–water partition coefficient (Wildman–Crippen LogP) is 6.23. The molecule has 0 amide bonds. The van der Waals surface area contributed by atoms with Crippen LogP contribution in [0.15, 0.2) is 47.9 Å². The molecule has 0 saturated carbocycles. The molecule has 3 nitrogen and oxygen atoms in total. The fourth-order valence-electron chi connectivity index (χ4n) is 2.83. The zero-order valence-corrected chi connectivity index (χ0v) is 16.1. The third-order valence-corrected chi connectivity index (χ3v) is 5.10. The van der Waals surface area contributed by atoms with Crippen molar-refractivity contribution in [3.63, 3.8) is 0 Å². The molecule has 0 fully saturated rings. The average Bonchev–Trinajstić information content (AvgIpc) is 3.14. The normalized spacial score (nSPS) is 11.1. The van der Waals surface area contributed by atoms with Gasteiger partial charge < -0.3 is 10.4 Å². The van der Waals surface area contributed by atoms with Crippen LogP contribution in [0.25, 0.3) is 6.08 Å². The topological polar surface area (TPSA) is 49.3 Å². The van der Waals surface area contributed by atoms with Crippen LogP contribution in [-0.4, -0.2) is 17.6 Å². The van der Waals surface area contributed by atoms with Crippen LogP contribution in [0.1, 0.15) is 55.4 Å². The van der Waals surface area contributed by atoms with Crippen LogP contribution in [0.4, 0.5) is 5.69 Å². The maximum atomic E-state index is 10.7. The van der Waals surface area contributed by atoms with Gasteiger partial charge in [0, 0.05) is 17.1 Å². The van der Waals surface area contributed by atoms with Gasteiger partial charge in [0.1, 0.15) is 0 Å². The molecular formula is C22H29NO2S. The molecule has 1 aromatic heterocycles. The van der Waals surface area contributed by atoms with Crippen LogP contribution in [0, 0.1) is 0 Å². The number of thiophene rings is 1. The van der Waals surface area contributed by atoms with E-state index in [2.05, 4.69) is 35.0 Å². The lowest BCUT2D eigenvalue weighted by molar-refractivity contribution is -0.136. The largest absolute Gasteiger partial charge is 0.481 e. The highest BCUT2D eigenvalue weighted by Gasteiger charge is 2.00. The fraction of sp³-hybridized carbons (Fsp3) is 0.409. The van der Waals surface area contributed by atoms with Crippen LogP contribution in [0.5, 0.6) is 0 Å². The van der Waals surface area contributed by atoms with E-state index in [1.54, 1.807) is 11.3 Å². The van der Waals surface area contributed by atoms with E-state index in [-0.39, 0.29) is 6.42 Å². The van der Waals surface area contributed by atoms with Crippen LogP contribution < -0.4 is 5.32 Å². The van der Waals surface area contributed by atoms with E-state index >= 15 is 0 Å². The number of aliphatic carboxylic acids is 1. The molecule has 0 bridgehead atoms. The fourth-order valence-corrected chi connectivity index (χ4v) is 3.47. The highest BCUT2D eigenvalue weighted by atomic mass is 32.1. The Labute approximate surface area is 160 Å². The van der Waals surface area contributed by atoms with Crippen LogP contribution in [0.3, 0.4) is 0 Å². The molecule has 0 unspecified atom stereocenters. The van der Waals surface area contributed by atoms with E-state index in [1.807, 2.05) is 24.3 Å². The van der Waals surface area contributed by atoms with Crippen molar-refractivity contribution in [2.75, 3.05) is 11.9 Å². The molecule has 0 aliphatic carbocycles. The van der Waals surface area contributed by atoms with Gasteiger partial charge in [-0.3, -0.25) is 4.79 Å². The Balaban J connectivity index is 1.42. The highest BCUT2D eigenvalue weighted by molar-refractivity contribution is 7.10. The summed E-state index contributed by atoms with van der Waals surface area (Å²) in [6, 6.07) is 11.9. The maximum Gasteiger partial charge on any atom is 0.307 e. The number of benzene rings is 1. The first-order valence-electron chi connectivity index (χ1n) is 9.49. The van der Waals surface area contributed by atoms with Crippen molar-refractivity contribution in [1.82, 2.24) is 0 Å². The van der Waals surface area contributed by atoms with Crippen molar-refractivity contribution < 1.29 is 9.90 Å². The average molecular weight is 372 g/mol. The smallest absolute Gasteiger partial charge is 0.307 e. The van der Waals surface area contributed by atoms with Gasteiger partial charge in [0.2, 0.25) is 0 Å². The first-order valence-corrected chi connectivity index (χ1v) is 10.4. The molecule has 2 N–H and O–H groups in total. The minimum Gasteiger partial charge on any atom is -0.481 e. The Morgan fingerprint density at radius 2 is 1.73 bits per heavy atom.